The molecule has 0 fully saturated rings. The smallest absolute Gasteiger partial charge is 0.251 e. The fourth-order valence-electron chi connectivity index (χ4n) is 4.09. The predicted octanol–water partition coefficient (Wildman–Crippen LogP) is 6.50. The minimum atomic E-state index is -0.184. The van der Waals surface area contributed by atoms with Crippen molar-refractivity contribution in [3.05, 3.63) is 132 Å². The van der Waals surface area contributed by atoms with Gasteiger partial charge in [-0.15, -0.1) is 0 Å². The van der Waals surface area contributed by atoms with Crippen LogP contribution < -0.4 is 19.3 Å². The summed E-state index contributed by atoms with van der Waals surface area (Å²) in [6.07, 6.45) is 6.64. The van der Waals surface area contributed by atoms with Crippen LogP contribution in [0, 0.1) is 0 Å². The Hall–Kier alpha value is -5.10. The molecule has 0 bridgehead atoms. The Balaban J connectivity index is 1.54. The van der Waals surface area contributed by atoms with Crippen LogP contribution in [0.1, 0.15) is 11.1 Å². The van der Waals surface area contributed by atoms with Crippen molar-refractivity contribution in [1.82, 2.24) is 0 Å². The van der Waals surface area contributed by atoms with E-state index in [0.717, 1.165) is 34.0 Å². The second kappa shape index (κ2) is 14.2. The molecule has 0 saturated carbocycles. The van der Waals surface area contributed by atoms with Crippen LogP contribution in [0.5, 0.6) is 11.5 Å². The molecule has 0 heterocycles. The lowest BCUT2D eigenvalue weighted by molar-refractivity contribution is -0.115. The number of methoxy groups -OCH3 is 2. The first-order valence-corrected chi connectivity index (χ1v) is 12.9. The number of carbonyl (C=O) groups excluding carboxylic acids is 2. The molecule has 0 unspecified atom stereocenters. The zero-order valence-electron chi connectivity index (χ0n) is 22.6. The summed E-state index contributed by atoms with van der Waals surface area (Å²) >= 11 is 0. The van der Waals surface area contributed by atoms with Crippen LogP contribution in [0.2, 0.25) is 0 Å². The van der Waals surface area contributed by atoms with E-state index in [-0.39, 0.29) is 11.8 Å². The second-order valence-corrected chi connectivity index (χ2v) is 8.86. The van der Waals surface area contributed by atoms with Crippen molar-refractivity contribution in [2.75, 3.05) is 37.1 Å². The average Bonchev–Trinajstić information content (AvgIpc) is 3.02. The van der Waals surface area contributed by atoms with Crippen LogP contribution in [-0.2, 0) is 9.59 Å². The van der Waals surface area contributed by atoms with Crippen molar-refractivity contribution >= 4 is 35.3 Å². The van der Waals surface area contributed by atoms with Gasteiger partial charge in [0, 0.05) is 36.6 Å². The van der Waals surface area contributed by atoms with Crippen molar-refractivity contribution < 1.29 is 19.1 Å². The number of rotatable bonds is 11. The number of para-hydroxylation sites is 2. The number of hydrogen-bond donors (Lipinski definition) is 0. The molecular formula is C34H32N2O4. The summed E-state index contributed by atoms with van der Waals surface area (Å²) in [5, 5.41) is 0. The molecule has 4 rings (SSSR count). The highest BCUT2D eigenvalue weighted by Gasteiger charge is 2.18. The molecule has 0 atom stereocenters. The molecule has 4 aromatic rings. The summed E-state index contributed by atoms with van der Waals surface area (Å²) in [5.74, 6) is 1.13. The first-order valence-electron chi connectivity index (χ1n) is 12.9. The van der Waals surface area contributed by atoms with E-state index in [0.29, 0.717) is 13.1 Å². The van der Waals surface area contributed by atoms with Crippen molar-refractivity contribution in [1.29, 1.82) is 0 Å². The summed E-state index contributed by atoms with van der Waals surface area (Å²) in [6.45, 7) is 0.597. The van der Waals surface area contributed by atoms with Gasteiger partial charge in [0.25, 0.3) is 11.8 Å². The van der Waals surface area contributed by atoms with E-state index in [2.05, 4.69) is 0 Å². The minimum absolute atomic E-state index is 0.184. The molecule has 0 aromatic heterocycles. The Morgan fingerprint density at radius 1 is 0.550 bits per heavy atom. The minimum Gasteiger partial charge on any atom is -0.497 e. The largest absolute Gasteiger partial charge is 0.497 e. The maximum atomic E-state index is 13.4. The van der Waals surface area contributed by atoms with Gasteiger partial charge in [0.1, 0.15) is 11.5 Å². The van der Waals surface area contributed by atoms with Gasteiger partial charge in [-0.05, 0) is 71.8 Å². The Morgan fingerprint density at radius 2 is 0.900 bits per heavy atom. The number of hydrogen-bond acceptors (Lipinski definition) is 4. The quantitative estimate of drug-likeness (QED) is 0.207. The number of amides is 2. The predicted molar refractivity (Wildman–Crippen MR) is 162 cm³/mol. The molecular weight excluding hydrogens is 500 g/mol. The van der Waals surface area contributed by atoms with E-state index in [1.165, 1.54) is 0 Å². The topological polar surface area (TPSA) is 59.1 Å². The third kappa shape index (κ3) is 7.71. The molecule has 0 spiro atoms. The fraction of sp³-hybridized carbons (Fsp3) is 0.118. The van der Waals surface area contributed by atoms with Crippen LogP contribution in [0.3, 0.4) is 0 Å². The number of anilines is 2. The van der Waals surface area contributed by atoms with Crippen molar-refractivity contribution in [2.45, 2.75) is 0 Å². The Bertz CT molecular complexity index is 1320. The molecule has 6 heteroatoms. The van der Waals surface area contributed by atoms with Crippen molar-refractivity contribution in [2.24, 2.45) is 0 Å². The average molecular weight is 533 g/mol. The molecule has 2 amide bonds. The molecule has 0 aliphatic heterocycles. The van der Waals surface area contributed by atoms with E-state index >= 15 is 0 Å². The van der Waals surface area contributed by atoms with Gasteiger partial charge >= 0.3 is 0 Å². The molecule has 40 heavy (non-hydrogen) atoms. The van der Waals surface area contributed by atoms with Crippen molar-refractivity contribution in [3.8, 4) is 11.5 Å². The Kier molecular flexibility index (Phi) is 9.89. The Labute approximate surface area is 235 Å². The van der Waals surface area contributed by atoms with Gasteiger partial charge in [-0.1, -0.05) is 60.7 Å². The summed E-state index contributed by atoms with van der Waals surface area (Å²) < 4.78 is 10.4. The maximum absolute atomic E-state index is 13.4. The van der Waals surface area contributed by atoms with E-state index in [4.69, 9.17) is 9.47 Å². The van der Waals surface area contributed by atoms with E-state index in [1.54, 1.807) is 48.3 Å². The standard InChI is InChI=1S/C34H32N2O4/c1-39-31-19-13-27(14-20-31)17-23-33(37)35(29-9-5-3-6-10-29)25-26-36(30-11-7-4-8-12-30)34(38)24-18-28-15-21-32(40-2)22-16-28/h3-24H,25-26H2,1-2H3/b23-17+,24-18+. The third-order valence-corrected chi connectivity index (χ3v) is 6.28. The second-order valence-electron chi connectivity index (χ2n) is 8.86. The number of ether oxygens (including phenoxy) is 2. The van der Waals surface area contributed by atoms with E-state index in [9.17, 15) is 9.59 Å². The molecule has 0 aliphatic carbocycles. The molecule has 0 aliphatic rings. The number of benzene rings is 4. The highest BCUT2D eigenvalue weighted by molar-refractivity contribution is 6.05. The molecule has 0 N–H and O–H groups in total. The first-order chi connectivity index (χ1) is 19.6. The van der Waals surface area contributed by atoms with Gasteiger partial charge in [-0.2, -0.15) is 0 Å². The van der Waals surface area contributed by atoms with Crippen LogP contribution in [-0.4, -0.2) is 39.1 Å². The van der Waals surface area contributed by atoms with Gasteiger partial charge in [0.05, 0.1) is 14.2 Å². The maximum Gasteiger partial charge on any atom is 0.251 e. The SMILES string of the molecule is COc1ccc(/C=C/C(=O)N(CCN(C(=O)/C=C/c2ccc(OC)cc2)c2ccccc2)c2ccccc2)cc1. The molecule has 4 aromatic carbocycles. The first kappa shape index (κ1) is 27.9. The lowest BCUT2D eigenvalue weighted by Crippen LogP contribution is -2.40. The van der Waals surface area contributed by atoms with E-state index in [1.807, 2.05) is 109 Å². The zero-order chi connectivity index (χ0) is 28.2. The highest BCUT2D eigenvalue weighted by atomic mass is 16.5. The van der Waals surface area contributed by atoms with Gasteiger partial charge in [-0.25, -0.2) is 0 Å². The molecule has 202 valence electrons. The number of nitrogens with zero attached hydrogens (tertiary/aromatic N) is 2. The summed E-state index contributed by atoms with van der Waals surface area (Å²) in [6, 6.07) is 33.9. The van der Waals surface area contributed by atoms with Crippen molar-refractivity contribution in [3.63, 3.8) is 0 Å². The molecule has 6 nitrogen and oxygen atoms in total. The van der Waals surface area contributed by atoms with Gasteiger partial charge < -0.3 is 19.3 Å². The van der Waals surface area contributed by atoms with Gasteiger partial charge in [-0.3, -0.25) is 9.59 Å². The number of carbonyl (C=O) groups is 2. The van der Waals surface area contributed by atoms with Crippen LogP contribution in [0.15, 0.2) is 121 Å². The fourth-order valence-corrected chi connectivity index (χ4v) is 4.09. The van der Waals surface area contributed by atoms with Crippen LogP contribution >= 0.6 is 0 Å². The lowest BCUT2D eigenvalue weighted by Gasteiger charge is -2.27. The van der Waals surface area contributed by atoms with E-state index < -0.39 is 0 Å². The normalized spacial score (nSPS) is 10.9. The van der Waals surface area contributed by atoms with Gasteiger partial charge in [0.15, 0.2) is 0 Å². The van der Waals surface area contributed by atoms with Crippen LogP contribution in [0.25, 0.3) is 12.2 Å². The zero-order valence-corrected chi connectivity index (χ0v) is 22.6. The summed E-state index contributed by atoms with van der Waals surface area (Å²) in [7, 11) is 3.23. The summed E-state index contributed by atoms with van der Waals surface area (Å²) in [4.78, 5) is 30.2. The van der Waals surface area contributed by atoms with Gasteiger partial charge in [0.2, 0.25) is 0 Å². The molecule has 0 saturated heterocycles. The Morgan fingerprint density at radius 3 is 1.23 bits per heavy atom. The van der Waals surface area contributed by atoms with Crippen LogP contribution in [0.4, 0.5) is 11.4 Å². The third-order valence-electron chi connectivity index (χ3n) is 6.28. The highest BCUT2D eigenvalue weighted by Crippen LogP contribution is 2.19. The molecule has 0 radical (unpaired) electrons. The monoisotopic (exact) mass is 532 g/mol. The lowest BCUT2D eigenvalue weighted by atomic mass is 10.2. The summed E-state index contributed by atoms with van der Waals surface area (Å²) in [5.41, 5.74) is 3.26.